The minimum Gasteiger partial charge on any atom is -0.497 e. The molecule has 10 heteroatoms. The van der Waals surface area contributed by atoms with Gasteiger partial charge in [-0.15, -0.1) is 11.3 Å². The Bertz CT molecular complexity index is 1050. The minimum absolute atomic E-state index is 0.0318. The number of hydrogen-bond donors (Lipinski definition) is 2. The van der Waals surface area contributed by atoms with Gasteiger partial charge in [0.05, 0.1) is 12.8 Å². The summed E-state index contributed by atoms with van der Waals surface area (Å²) in [6.07, 6.45) is -4.39. The highest BCUT2D eigenvalue weighted by Gasteiger charge is 2.38. The van der Waals surface area contributed by atoms with Gasteiger partial charge in [0.25, 0.3) is 0 Å². The maximum Gasteiger partial charge on any atom is 0.471 e. The molecule has 162 valence electrons. The van der Waals surface area contributed by atoms with Crippen LogP contribution in [-0.2, 0) is 16.0 Å². The summed E-state index contributed by atoms with van der Waals surface area (Å²) in [5, 5.41) is 6.82. The number of methoxy groups -OCH3 is 1. The quantitative estimate of drug-likeness (QED) is 0.538. The zero-order chi connectivity index (χ0) is 22.4. The van der Waals surface area contributed by atoms with Crippen molar-refractivity contribution in [1.82, 2.24) is 4.98 Å². The molecule has 1 heterocycles. The lowest BCUT2D eigenvalue weighted by Gasteiger charge is -2.08. The maximum absolute atomic E-state index is 12.3. The van der Waals surface area contributed by atoms with Gasteiger partial charge in [0, 0.05) is 23.1 Å². The number of rotatable bonds is 7. The summed E-state index contributed by atoms with van der Waals surface area (Å²) in [5.41, 5.74) is 2.41. The van der Waals surface area contributed by atoms with Gasteiger partial charge in [-0.05, 0) is 48.4 Å². The molecule has 0 spiro atoms. The molecule has 0 saturated carbocycles. The number of alkyl halides is 3. The van der Waals surface area contributed by atoms with Crippen molar-refractivity contribution in [2.75, 3.05) is 17.7 Å². The van der Waals surface area contributed by atoms with Gasteiger partial charge in [-0.2, -0.15) is 13.2 Å². The van der Waals surface area contributed by atoms with Gasteiger partial charge in [0.1, 0.15) is 5.75 Å². The average Bonchev–Trinajstić information content (AvgIpc) is 3.21. The van der Waals surface area contributed by atoms with Crippen LogP contribution in [0.4, 0.5) is 24.0 Å². The third-order valence-electron chi connectivity index (χ3n) is 4.25. The predicted molar refractivity (Wildman–Crippen MR) is 112 cm³/mol. The van der Waals surface area contributed by atoms with Gasteiger partial charge in [0.15, 0.2) is 5.13 Å². The van der Waals surface area contributed by atoms with Crippen LogP contribution in [0.2, 0.25) is 0 Å². The second kappa shape index (κ2) is 9.61. The summed E-state index contributed by atoms with van der Waals surface area (Å²) < 4.78 is 41.9. The lowest BCUT2D eigenvalue weighted by atomic mass is 10.1. The van der Waals surface area contributed by atoms with Crippen molar-refractivity contribution in [1.29, 1.82) is 0 Å². The first-order chi connectivity index (χ1) is 14.7. The molecule has 2 N–H and O–H groups in total. The van der Waals surface area contributed by atoms with Gasteiger partial charge in [-0.3, -0.25) is 9.59 Å². The summed E-state index contributed by atoms with van der Waals surface area (Å²) in [6.45, 7) is 0. The number of carbonyl (C=O) groups is 2. The van der Waals surface area contributed by atoms with Crippen molar-refractivity contribution >= 4 is 34.0 Å². The van der Waals surface area contributed by atoms with E-state index in [-0.39, 0.29) is 18.0 Å². The van der Waals surface area contributed by atoms with Crippen LogP contribution in [-0.4, -0.2) is 30.1 Å². The molecule has 6 nitrogen and oxygen atoms in total. The van der Waals surface area contributed by atoms with Gasteiger partial charge in [-0.25, -0.2) is 4.98 Å². The number of thiazole rings is 1. The Labute approximate surface area is 180 Å². The second-order valence-electron chi connectivity index (χ2n) is 6.46. The number of halogens is 3. The zero-order valence-corrected chi connectivity index (χ0v) is 17.1. The number of benzene rings is 2. The summed E-state index contributed by atoms with van der Waals surface area (Å²) in [7, 11) is 1.59. The first-order valence-corrected chi connectivity index (χ1v) is 9.99. The van der Waals surface area contributed by atoms with Crippen LogP contribution < -0.4 is 15.4 Å². The van der Waals surface area contributed by atoms with E-state index in [1.165, 1.54) is 23.5 Å². The topological polar surface area (TPSA) is 80.3 Å². The molecule has 0 aliphatic rings. The summed E-state index contributed by atoms with van der Waals surface area (Å²) >= 11 is 1.31. The lowest BCUT2D eigenvalue weighted by Crippen LogP contribution is -2.29. The van der Waals surface area contributed by atoms with E-state index in [4.69, 9.17) is 4.74 Å². The number of carbonyl (C=O) groups excluding carboxylic acids is 2. The minimum atomic E-state index is -4.94. The number of anilines is 2. The van der Waals surface area contributed by atoms with Crippen LogP contribution in [0, 0.1) is 0 Å². The fourth-order valence-corrected chi connectivity index (χ4v) is 3.36. The number of amides is 2. The van der Waals surface area contributed by atoms with Crippen LogP contribution in [0.5, 0.6) is 5.75 Å². The molecule has 2 aromatic carbocycles. The summed E-state index contributed by atoms with van der Waals surface area (Å²) in [6, 6.07) is 13.2. The molecule has 0 aliphatic heterocycles. The highest BCUT2D eigenvalue weighted by atomic mass is 32.1. The largest absolute Gasteiger partial charge is 0.497 e. The number of ether oxygens (including phenoxy) is 1. The molecule has 0 bridgehead atoms. The predicted octanol–water partition coefficient (Wildman–Crippen LogP) is 4.89. The Kier molecular flexibility index (Phi) is 6.91. The van der Waals surface area contributed by atoms with Crippen LogP contribution in [0.25, 0.3) is 11.3 Å². The Hall–Kier alpha value is -3.40. The number of hydrogen-bond acceptors (Lipinski definition) is 5. The van der Waals surface area contributed by atoms with Crippen molar-refractivity contribution in [2.24, 2.45) is 0 Å². The van der Waals surface area contributed by atoms with Crippen LogP contribution in [0.1, 0.15) is 12.0 Å². The van der Waals surface area contributed by atoms with Gasteiger partial charge in [0.2, 0.25) is 5.91 Å². The van der Waals surface area contributed by atoms with Crippen LogP contribution in [0.15, 0.2) is 53.9 Å². The third-order valence-corrected chi connectivity index (χ3v) is 5.00. The van der Waals surface area contributed by atoms with Gasteiger partial charge < -0.3 is 15.4 Å². The Balaban J connectivity index is 1.50. The molecule has 2 amide bonds. The Morgan fingerprint density at radius 3 is 2.32 bits per heavy atom. The lowest BCUT2D eigenvalue weighted by molar-refractivity contribution is -0.167. The first kappa shape index (κ1) is 22.3. The van der Waals surface area contributed by atoms with Crippen molar-refractivity contribution in [3.63, 3.8) is 0 Å². The highest BCUT2D eigenvalue weighted by molar-refractivity contribution is 7.14. The number of aryl methyl sites for hydroxylation is 1. The first-order valence-electron chi connectivity index (χ1n) is 9.11. The van der Waals surface area contributed by atoms with Gasteiger partial charge in [-0.1, -0.05) is 12.1 Å². The van der Waals surface area contributed by atoms with E-state index in [1.54, 1.807) is 24.6 Å². The van der Waals surface area contributed by atoms with E-state index in [0.29, 0.717) is 11.6 Å². The third kappa shape index (κ3) is 6.29. The average molecular weight is 449 g/mol. The number of nitrogens with one attached hydrogen (secondary N) is 2. The van der Waals surface area contributed by atoms with Crippen LogP contribution >= 0.6 is 11.3 Å². The molecule has 1 aromatic heterocycles. The zero-order valence-electron chi connectivity index (χ0n) is 16.3. The molecule has 0 aliphatic carbocycles. The van der Waals surface area contributed by atoms with Crippen molar-refractivity contribution in [2.45, 2.75) is 19.0 Å². The van der Waals surface area contributed by atoms with E-state index in [2.05, 4.69) is 10.3 Å². The van der Waals surface area contributed by atoms with E-state index < -0.39 is 12.1 Å². The van der Waals surface area contributed by atoms with E-state index in [1.807, 2.05) is 29.6 Å². The molecule has 3 rings (SSSR count). The Morgan fingerprint density at radius 1 is 1.03 bits per heavy atom. The maximum atomic E-state index is 12.3. The molecule has 0 radical (unpaired) electrons. The molecule has 0 fully saturated rings. The normalized spacial score (nSPS) is 11.1. The van der Waals surface area contributed by atoms with Crippen molar-refractivity contribution in [3.05, 3.63) is 59.5 Å². The monoisotopic (exact) mass is 449 g/mol. The summed E-state index contributed by atoms with van der Waals surface area (Å²) in [5.74, 6) is -1.52. The fourth-order valence-electron chi connectivity index (χ4n) is 2.62. The molecule has 3 aromatic rings. The molecular formula is C21H18F3N3O3S. The Morgan fingerprint density at radius 2 is 1.71 bits per heavy atom. The second-order valence-corrected chi connectivity index (χ2v) is 7.32. The molecule has 31 heavy (non-hydrogen) atoms. The smallest absolute Gasteiger partial charge is 0.471 e. The summed E-state index contributed by atoms with van der Waals surface area (Å²) in [4.78, 5) is 27.5. The van der Waals surface area contributed by atoms with E-state index >= 15 is 0 Å². The van der Waals surface area contributed by atoms with Crippen molar-refractivity contribution in [3.8, 4) is 17.0 Å². The van der Waals surface area contributed by atoms with E-state index in [0.717, 1.165) is 22.6 Å². The number of nitrogens with zero attached hydrogens (tertiary/aromatic N) is 1. The molecular weight excluding hydrogens is 431 g/mol. The van der Waals surface area contributed by atoms with E-state index in [9.17, 15) is 22.8 Å². The number of aromatic nitrogens is 1. The highest BCUT2D eigenvalue weighted by Crippen LogP contribution is 2.26. The molecule has 0 unspecified atom stereocenters. The van der Waals surface area contributed by atoms with Crippen LogP contribution in [0.3, 0.4) is 0 Å². The molecule has 0 atom stereocenters. The molecule has 0 saturated heterocycles. The SMILES string of the molecule is COc1ccc(-c2csc(NC(=O)CCc3ccc(NC(=O)C(F)(F)F)cc3)n2)cc1. The van der Waals surface area contributed by atoms with Crippen molar-refractivity contribution < 1.29 is 27.5 Å². The van der Waals surface area contributed by atoms with Gasteiger partial charge >= 0.3 is 12.1 Å². The standard InChI is InChI=1S/C21H18F3N3O3S/c1-30-16-9-5-14(6-10-16)17-12-31-20(26-17)27-18(28)11-4-13-2-7-15(8-3-13)25-19(29)21(22,23)24/h2-3,5-10,12H,4,11H2,1H3,(H,25,29)(H,26,27,28). The fraction of sp³-hybridized carbons (Fsp3) is 0.190.